The number of nitrogens with zero attached hydrogens (tertiary/aromatic N) is 1. The number of rotatable bonds is 4. The van der Waals surface area contributed by atoms with Crippen LogP contribution in [0.15, 0.2) is 42.5 Å². The van der Waals surface area contributed by atoms with Crippen LogP contribution >= 0.6 is 11.6 Å². The minimum Gasteiger partial charge on any atom is -0.385 e. The molecule has 1 aliphatic rings. The van der Waals surface area contributed by atoms with E-state index in [1.54, 1.807) is 0 Å². The van der Waals surface area contributed by atoms with Gasteiger partial charge in [-0.1, -0.05) is 23.7 Å². The monoisotopic (exact) mass is 286 g/mol. The van der Waals surface area contributed by atoms with Crippen LogP contribution in [0.3, 0.4) is 0 Å². The first-order chi connectivity index (χ1) is 9.72. The highest BCUT2D eigenvalue weighted by atomic mass is 35.5. The molecule has 0 amide bonds. The van der Waals surface area contributed by atoms with Gasteiger partial charge in [-0.05, 0) is 54.3 Å². The second-order valence-corrected chi connectivity index (χ2v) is 5.75. The molecule has 2 aromatic rings. The second-order valence-electron chi connectivity index (χ2n) is 5.32. The van der Waals surface area contributed by atoms with Crippen molar-refractivity contribution in [3.63, 3.8) is 0 Å². The van der Waals surface area contributed by atoms with Crippen LogP contribution in [0.5, 0.6) is 0 Å². The molecule has 1 heterocycles. The Kier molecular flexibility index (Phi) is 3.83. The average Bonchev–Trinajstić information content (AvgIpc) is 2.82. The van der Waals surface area contributed by atoms with Crippen LogP contribution in [0, 0.1) is 0 Å². The smallest absolute Gasteiger partial charge is 0.0406 e. The number of halogens is 1. The number of hydrogen-bond donors (Lipinski definition) is 1. The Hall–Kier alpha value is -1.67. The molecule has 2 aromatic carbocycles. The fourth-order valence-corrected chi connectivity index (χ4v) is 2.80. The Morgan fingerprint density at radius 2 is 1.95 bits per heavy atom. The standard InChI is InChI=1S/C17H19ClN2/c1-20-11-9-14-12-16(6-7-17(14)20)19-10-8-13-2-4-15(18)5-3-13/h2-7,12,19H,8-11H2,1H3. The first-order valence-corrected chi connectivity index (χ1v) is 7.42. The van der Waals surface area contributed by atoms with E-state index in [-0.39, 0.29) is 0 Å². The van der Waals surface area contributed by atoms with Gasteiger partial charge in [0.1, 0.15) is 0 Å². The molecule has 0 unspecified atom stereocenters. The molecule has 3 rings (SSSR count). The lowest BCUT2D eigenvalue weighted by Crippen LogP contribution is -2.12. The fraction of sp³-hybridized carbons (Fsp3) is 0.294. The summed E-state index contributed by atoms with van der Waals surface area (Å²) in [5.74, 6) is 0. The Bertz CT molecular complexity index is 592. The predicted octanol–water partition coefficient (Wildman–Crippen LogP) is 3.99. The van der Waals surface area contributed by atoms with E-state index in [1.165, 1.54) is 22.5 Å². The zero-order chi connectivity index (χ0) is 13.9. The number of anilines is 2. The van der Waals surface area contributed by atoms with Gasteiger partial charge in [0.15, 0.2) is 0 Å². The molecule has 0 saturated carbocycles. The largest absolute Gasteiger partial charge is 0.385 e. The molecular formula is C17H19ClN2. The van der Waals surface area contributed by atoms with E-state index in [0.29, 0.717) is 0 Å². The van der Waals surface area contributed by atoms with Crippen LogP contribution in [0.2, 0.25) is 5.02 Å². The summed E-state index contributed by atoms with van der Waals surface area (Å²) in [6.45, 7) is 2.07. The number of nitrogens with one attached hydrogen (secondary N) is 1. The van der Waals surface area contributed by atoms with Crippen LogP contribution in [-0.2, 0) is 12.8 Å². The molecule has 0 radical (unpaired) electrons. The van der Waals surface area contributed by atoms with Gasteiger partial charge >= 0.3 is 0 Å². The maximum Gasteiger partial charge on any atom is 0.0406 e. The van der Waals surface area contributed by atoms with Gasteiger partial charge in [-0.2, -0.15) is 0 Å². The van der Waals surface area contributed by atoms with E-state index in [4.69, 9.17) is 11.6 Å². The van der Waals surface area contributed by atoms with Crippen molar-refractivity contribution in [1.82, 2.24) is 0 Å². The van der Waals surface area contributed by atoms with Crippen LogP contribution in [-0.4, -0.2) is 20.1 Å². The summed E-state index contributed by atoms with van der Waals surface area (Å²) in [6.07, 6.45) is 2.16. The molecule has 20 heavy (non-hydrogen) atoms. The molecule has 2 nitrogen and oxygen atoms in total. The van der Waals surface area contributed by atoms with Gasteiger partial charge in [-0.15, -0.1) is 0 Å². The minimum absolute atomic E-state index is 0.796. The van der Waals surface area contributed by atoms with E-state index in [9.17, 15) is 0 Å². The molecule has 0 bridgehead atoms. The van der Waals surface area contributed by atoms with Crippen molar-refractivity contribution < 1.29 is 0 Å². The summed E-state index contributed by atoms with van der Waals surface area (Å²) in [5.41, 5.74) is 5.34. The van der Waals surface area contributed by atoms with Crippen LogP contribution in [0.1, 0.15) is 11.1 Å². The maximum atomic E-state index is 5.89. The molecule has 0 aromatic heterocycles. The van der Waals surface area contributed by atoms with Crippen molar-refractivity contribution in [2.45, 2.75) is 12.8 Å². The van der Waals surface area contributed by atoms with Gasteiger partial charge in [-0.25, -0.2) is 0 Å². The summed E-state index contributed by atoms with van der Waals surface area (Å²) in [5, 5.41) is 4.30. The summed E-state index contributed by atoms with van der Waals surface area (Å²) in [7, 11) is 2.15. The van der Waals surface area contributed by atoms with E-state index < -0.39 is 0 Å². The highest BCUT2D eigenvalue weighted by Gasteiger charge is 2.15. The van der Waals surface area contributed by atoms with Gasteiger partial charge < -0.3 is 10.2 Å². The van der Waals surface area contributed by atoms with Gasteiger partial charge in [-0.3, -0.25) is 0 Å². The van der Waals surface area contributed by atoms with E-state index in [0.717, 1.165) is 31.0 Å². The summed E-state index contributed by atoms with van der Waals surface area (Å²) >= 11 is 5.89. The van der Waals surface area contributed by atoms with Crippen molar-refractivity contribution in [3.8, 4) is 0 Å². The molecule has 3 heteroatoms. The van der Waals surface area contributed by atoms with Gasteiger partial charge in [0.25, 0.3) is 0 Å². The minimum atomic E-state index is 0.796. The Morgan fingerprint density at radius 3 is 2.75 bits per heavy atom. The number of likely N-dealkylation sites (N-methyl/N-ethyl adjacent to an activating group) is 1. The third-order valence-electron chi connectivity index (χ3n) is 3.86. The van der Waals surface area contributed by atoms with Crippen molar-refractivity contribution >= 4 is 23.0 Å². The number of hydrogen-bond acceptors (Lipinski definition) is 2. The molecule has 0 spiro atoms. The lowest BCUT2D eigenvalue weighted by Gasteiger charge is -2.13. The molecule has 1 N–H and O–H groups in total. The van der Waals surface area contributed by atoms with Crippen molar-refractivity contribution in [2.75, 3.05) is 30.4 Å². The van der Waals surface area contributed by atoms with Crippen molar-refractivity contribution in [2.24, 2.45) is 0 Å². The quantitative estimate of drug-likeness (QED) is 0.914. The molecule has 0 saturated heterocycles. The predicted molar refractivity (Wildman–Crippen MR) is 87.1 cm³/mol. The lowest BCUT2D eigenvalue weighted by atomic mass is 10.1. The van der Waals surface area contributed by atoms with Crippen molar-refractivity contribution in [3.05, 3.63) is 58.6 Å². The topological polar surface area (TPSA) is 15.3 Å². The van der Waals surface area contributed by atoms with Crippen LogP contribution in [0.25, 0.3) is 0 Å². The molecule has 0 atom stereocenters. The Morgan fingerprint density at radius 1 is 1.15 bits per heavy atom. The van der Waals surface area contributed by atoms with Crippen molar-refractivity contribution in [1.29, 1.82) is 0 Å². The van der Waals surface area contributed by atoms with Crippen LogP contribution < -0.4 is 10.2 Å². The molecular weight excluding hydrogens is 268 g/mol. The molecule has 1 aliphatic heterocycles. The zero-order valence-corrected chi connectivity index (χ0v) is 12.5. The average molecular weight is 287 g/mol. The Labute approximate surface area is 125 Å². The van der Waals surface area contributed by atoms with E-state index in [2.05, 4.69) is 47.6 Å². The molecule has 0 fully saturated rings. The van der Waals surface area contributed by atoms with Gasteiger partial charge in [0.2, 0.25) is 0 Å². The van der Waals surface area contributed by atoms with Gasteiger partial charge in [0.05, 0.1) is 0 Å². The summed E-state index contributed by atoms with van der Waals surface area (Å²) in [4.78, 5) is 2.31. The van der Waals surface area contributed by atoms with Gasteiger partial charge in [0, 0.05) is 36.5 Å². The summed E-state index contributed by atoms with van der Waals surface area (Å²) < 4.78 is 0. The third-order valence-corrected chi connectivity index (χ3v) is 4.12. The molecule has 104 valence electrons. The highest BCUT2D eigenvalue weighted by molar-refractivity contribution is 6.30. The number of fused-ring (bicyclic) bond motifs is 1. The first-order valence-electron chi connectivity index (χ1n) is 7.05. The first kappa shape index (κ1) is 13.3. The zero-order valence-electron chi connectivity index (χ0n) is 11.7. The second kappa shape index (κ2) is 5.76. The van der Waals surface area contributed by atoms with E-state index >= 15 is 0 Å². The summed E-state index contributed by atoms with van der Waals surface area (Å²) in [6, 6.07) is 14.7. The van der Waals surface area contributed by atoms with E-state index in [1.807, 2.05) is 12.1 Å². The SMILES string of the molecule is CN1CCc2cc(NCCc3ccc(Cl)cc3)ccc21. The Balaban J connectivity index is 1.58. The highest BCUT2D eigenvalue weighted by Crippen LogP contribution is 2.29. The maximum absolute atomic E-state index is 5.89. The number of benzene rings is 2. The lowest BCUT2D eigenvalue weighted by molar-refractivity contribution is 0.956. The normalized spacial score (nSPS) is 13.4. The molecule has 0 aliphatic carbocycles. The van der Waals surface area contributed by atoms with Crippen LogP contribution in [0.4, 0.5) is 11.4 Å². The fourth-order valence-electron chi connectivity index (χ4n) is 2.68. The third kappa shape index (κ3) is 2.91.